The van der Waals surface area contributed by atoms with Gasteiger partial charge in [0.2, 0.25) is 5.79 Å². The number of hydrogen-bond donors (Lipinski definition) is 1. The van der Waals surface area contributed by atoms with Crippen molar-refractivity contribution in [1.29, 1.82) is 0 Å². The second-order valence-corrected chi connectivity index (χ2v) is 36.6. The van der Waals surface area contributed by atoms with Gasteiger partial charge in [-0.2, -0.15) is 0 Å². The fourth-order valence-corrected chi connectivity index (χ4v) is 18.6. The predicted octanol–water partition coefficient (Wildman–Crippen LogP) is 11.7. The van der Waals surface area contributed by atoms with Crippen molar-refractivity contribution in [1.82, 2.24) is 0 Å². The second-order valence-electron chi connectivity index (χ2n) is 27.6. The molecule has 4 aliphatic rings. The van der Waals surface area contributed by atoms with Crippen LogP contribution in [-0.4, -0.2) is 126 Å². The lowest BCUT2D eigenvalue weighted by molar-refractivity contribution is -0.358. The lowest BCUT2D eigenvalue weighted by atomic mass is 9.70. The van der Waals surface area contributed by atoms with Crippen LogP contribution in [0.3, 0.4) is 0 Å². The smallest absolute Gasteiger partial charge is 0.385 e. The van der Waals surface area contributed by atoms with Crippen LogP contribution in [0.5, 0.6) is 0 Å². The predicted molar refractivity (Wildman–Crippen MR) is 333 cm³/mol. The zero-order valence-electron chi connectivity index (χ0n) is 54.1. The molecular formula is C68H100O15Si2. The zero-order chi connectivity index (χ0) is 63.0. The quantitative estimate of drug-likeness (QED) is 0.0276. The summed E-state index contributed by atoms with van der Waals surface area (Å²) >= 11 is 0. The number of unbranched alkanes of at least 4 members (excludes halogenated alkanes) is 3. The number of aliphatic hydroxyl groups is 1. The van der Waals surface area contributed by atoms with Gasteiger partial charge in [-0.25, -0.2) is 9.59 Å². The van der Waals surface area contributed by atoms with Gasteiger partial charge < -0.3 is 51.9 Å². The average Bonchev–Trinajstić information content (AvgIpc) is 2.02. The van der Waals surface area contributed by atoms with Gasteiger partial charge >= 0.3 is 23.9 Å². The molecule has 470 valence electrons. The molecule has 15 nitrogen and oxygen atoms in total. The van der Waals surface area contributed by atoms with E-state index in [1.807, 2.05) is 63.2 Å². The van der Waals surface area contributed by atoms with Crippen molar-refractivity contribution in [3.05, 3.63) is 96.6 Å². The van der Waals surface area contributed by atoms with Gasteiger partial charge in [-0.05, 0) is 78.1 Å². The van der Waals surface area contributed by atoms with Crippen LogP contribution in [0.15, 0.2) is 96.6 Å². The Morgan fingerprint density at radius 1 is 0.835 bits per heavy atom. The lowest BCUT2D eigenvalue weighted by Crippen LogP contribution is -2.68. The largest absolute Gasteiger partial charge is 0.466 e. The van der Waals surface area contributed by atoms with Gasteiger partial charge in [0.05, 0.1) is 55.6 Å². The first-order valence-corrected chi connectivity index (χ1v) is 35.4. The van der Waals surface area contributed by atoms with Crippen LogP contribution in [0.1, 0.15) is 167 Å². The van der Waals surface area contributed by atoms with Gasteiger partial charge in [0, 0.05) is 57.1 Å². The fourth-order valence-electron chi connectivity index (χ4n) is 12.5. The number of cyclic esters (lactones) is 1. The summed E-state index contributed by atoms with van der Waals surface area (Å²) in [5, 5.41) is 14.8. The van der Waals surface area contributed by atoms with Crippen molar-refractivity contribution >= 4 is 50.9 Å². The molecule has 0 aromatic heterocycles. The van der Waals surface area contributed by atoms with Crippen LogP contribution in [0.2, 0.25) is 23.2 Å². The lowest BCUT2D eigenvalue weighted by Gasteiger charge is -2.56. The minimum atomic E-state index is -3.43. The summed E-state index contributed by atoms with van der Waals surface area (Å²) < 4.78 is 67.5. The normalized spacial score (nSPS) is 29.9. The first kappa shape index (κ1) is 69.4. The Morgan fingerprint density at radius 3 is 2.04 bits per heavy atom. The SMILES string of the molecule is C=C1C[C@H]2C[C@]3(OC)O[C@H](C[C@@H](O[Si](c4ccccc4)(c4ccccc4)C(C)(C)C)CC(=O)O[C@@H]([C@@H](C)O[Si](C)(C)C(C)(C)C)C[C@@H]4C/C(=C\C(=O)OC)[C@H](OC(=O)C#CCCCCC)[C@@](O)(O4)C(C)(C)/C=C/[C@@H](C1)O2)C[C@H](OC(C)=O)C3(C)C. The number of carbonyl (C=O) groups excluding carboxylic acids is 4. The van der Waals surface area contributed by atoms with E-state index in [9.17, 15) is 19.5 Å². The molecular weight excluding hydrogens is 1110 g/mol. The summed E-state index contributed by atoms with van der Waals surface area (Å²) in [5.41, 5.74) is -1.27. The van der Waals surface area contributed by atoms with E-state index in [1.54, 1.807) is 27.0 Å². The Balaban J connectivity index is 1.60. The van der Waals surface area contributed by atoms with Crippen molar-refractivity contribution in [3.63, 3.8) is 0 Å². The fraction of sp³-hybridized carbons (Fsp3) is 0.647. The maximum atomic E-state index is 15.6. The molecule has 0 aliphatic carbocycles. The van der Waals surface area contributed by atoms with E-state index < -0.39 is 123 Å². The Morgan fingerprint density at radius 2 is 1.47 bits per heavy atom. The van der Waals surface area contributed by atoms with Gasteiger partial charge in [-0.15, -0.1) is 0 Å². The minimum Gasteiger partial charge on any atom is -0.466 e. The maximum Gasteiger partial charge on any atom is 0.385 e. The molecule has 0 spiro atoms. The number of fused-ring (bicyclic) bond motifs is 6. The van der Waals surface area contributed by atoms with Crippen LogP contribution < -0.4 is 10.4 Å². The second kappa shape index (κ2) is 28.2. The molecule has 3 fully saturated rings. The van der Waals surface area contributed by atoms with Crippen molar-refractivity contribution in [2.45, 2.75) is 257 Å². The third-order valence-corrected chi connectivity index (χ3v) is 28.0. The summed E-state index contributed by atoms with van der Waals surface area (Å²) in [6.07, 6.45) is 1.49. The molecule has 3 saturated heterocycles. The van der Waals surface area contributed by atoms with Crippen molar-refractivity contribution in [2.24, 2.45) is 10.8 Å². The van der Waals surface area contributed by atoms with Crippen molar-refractivity contribution in [3.8, 4) is 11.8 Å². The standard InChI is InChI=1S/C68H100O15Si2/c1-19-20-21-22-29-34-59(70)79-62-49(40-60(71)74-15)39-51-42-57(47(3)82-84(17,18)63(5,6)7)78-61(72)44-53(83-85(64(8,9)10,55-30-25-23-26-31-55)56-32-27-24-28-33-56)41-52-43-58(76-48(4)69)66(13,14)67(75-16,80-52)45-54-38-46(2)37-50(77-54)35-36-65(11,12)68(62,73)81-51/h23-28,30-33,35-36,40,47,50-54,57-58,62,73H,2,19-22,37-39,41-45H2,1,3-18H3/b36-35+,49-40+/t47-,50+,51+,52-,53-,54+,57-,58+,62+,67+,68-/m1/s1. The molecule has 0 unspecified atom stereocenters. The maximum absolute atomic E-state index is 15.6. The minimum absolute atomic E-state index is 0.0330. The molecule has 6 rings (SSSR count). The van der Waals surface area contributed by atoms with Crippen LogP contribution in [0.25, 0.3) is 0 Å². The molecule has 4 heterocycles. The Hall–Kier alpha value is -4.75. The molecule has 1 N–H and O–H groups in total. The van der Waals surface area contributed by atoms with E-state index in [0.717, 1.165) is 35.2 Å². The summed E-state index contributed by atoms with van der Waals surface area (Å²) in [6.45, 7) is 34.4. The van der Waals surface area contributed by atoms with Crippen molar-refractivity contribution in [2.75, 3.05) is 14.2 Å². The van der Waals surface area contributed by atoms with E-state index in [4.69, 9.17) is 46.7 Å². The topological polar surface area (TPSA) is 181 Å². The highest BCUT2D eigenvalue weighted by atomic mass is 28.4. The molecule has 0 saturated carbocycles. The highest BCUT2D eigenvalue weighted by Crippen LogP contribution is 2.52. The number of benzene rings is 2. The molecule has 0 amide bonds. The number of methoxy groups -OCH3 is 2. The van der Waals surface area contributed by atoms with Crippen LogP contribution in [-0.2, 0) is 65.9 Å². The van der Waals surface area contributed by atoms with E-state index >= 15 is 4.79 Å². The van der Waals surface area contributed by atoms with Crippen LogP contribution in [0, 0.1) is 22.7 Å². The average molecular weight is 1210 g/mol. The third kappa shape index (κ3) is 16.3. The number of rotatable bonds is 14. The van der Waals surface area contributed by atoms with Crippen molar-refractivity contribution < 1.29 is 71.0 Å². The summed E-state index contributed by atoms with van der Waals surface area (Å²) in [6, 6.07) is 20.4. The molecule has 17 heteroatoms. The number of hydrogen-bond acceptors (Lipinski definition) is 15. The zero-order valence-corrected chi connectivity index (χ0v) is 56.1. The number of ether oxygens (including phenoxy) is 8. The van der Waals surface area contributed by atoms with Gasteiger partial charge in [0.15, 0.2) is 20.2 Å². The molecule has 2 aromatic carbocycles. The number of esters is 4. The molecule has 6 bridgehead atoms. The third-order valence-electron chi connectivity index (χ3n) is 18.4. The molecule has 11 atom stereocenters. The molecule has 2 aromatic rings. The van der Waals surface area contributed by atoms with Gasteiger partial charge in [-0.1, -0.05) is 180 Å². The molecule has 4 aliphatic heterocycles. The molecule has 85 heavy (non-hydrogen) atoms. The highest BCUT2D eigenvalue weighted by Gasteiger charge is 2.61. The van der Waals surface area contributed by atoms with E-state index in [-0.39, 0.29) is 49.1 Å². The van der Waals surface area contributed by atoms with Gasteiger partial charge in [0.25, 0.3) is 8.32 Å². The first-order valence-electron chi connectivity index (χ1n) is 30.6. The van der Waals surface area contributed by atoms with E-state index in [1.165, 1.54) is 20.1 Å². The Bertz CT molecular complexity index is 2710. The van der Waals surface area contributed by atoms with E-state index in [2.05, 4.69) is 104 Å². The Labute approximate surface area is 509 Å². The first-order chi connectivity index (χ1) is 39.7. The van der Waals surface area contributed by atoms with Crippen LogP contribution in [0.4, 0.5) is 0 Å². The highest BCUT2D eigenvalue weighted by molar-refractivity contribution is 6.99. The van der Waals surface area contributed by atoms with Crippen LogP contribution >= 0.6 is 0 Å². The monoisotopic (exact) mass is 1210 g/mol. The summed E-state index contributed by atoms with van der Waals surface area (Å²) in [4.78, 5) is 56.1. The Kier molecular flexibility index (Phi) is 23.0. The van der Waals surface area contributed by atoms with Gasteiger partial charge in [-0.3, -0.25) is 9.59 Å². The van der Waals surface area contributed by atoms with E-state index in [0.29, 0.717) is 19.3 Å². The summed E-state index contributed by atoms with van der Waals surface area (Å²) in [5.74, 6) is -1.03. The molecule has 0 radical (unpaired) electrons. The summed E-state index contributed by atoms with van der Waals surface area (Å²) in [7, 11) is -3.19. The number of carbonyl (C=O) groups is 4. The van der Waals surface area contributed by atoms with Gasteiger partial charge in [0.1, 0.15) is 12.2 Å².